The van der Waals surface area contributed by atoms with Crippen LogP contribution < -0.4 is 0 Å². The van der Waals surface area contributed by atoms with E-state index >= 15 is 0 Å². The van der Waals surface area contributed by atoms with Gasteiger partial charge in [-0.1, -0.05) is 66.7 Å². The Kier molecular flexibility index (Phi) is 5.58. The minimum atomic E-state index is -0.935. The lowest BCUT2D eigenvalue weighted by Gasteiger charge is -2.28. The molecule has 3 rings (SSSR count). The zero-order valence-electron chi connectivity index (χ0n) is 14.4. The third-order valence-electron chi connectivity index (χ3n) is 4.32. The average Bonchev–Trinajstić information content (AvgIpc) is 3.23. The van der Waals surface area contributed by atoms with E-state index in [1.165, 1.54) is 4.88 Å². The Morgan fingerprint density at radius 2 is 2.04 bits per heavy atom. The minimum absolute atomic E-state index is 0.189. The fourth-order valence-electron chi connectivity index (χ4n) is 2.78. The van der Waals surface area contributed by atoms with E-state index < -0.39 is 11.4 Å². The van der Waals surface area contributed by atoms with Crippen molar-refractivity contribution in [2.45, 2.75) is 25.2 Å². The van der Waals surface area contributed by atoms with Gasteiger partial charge in [0.2, 0.25) is 0 Å². The first kappa shape index (κ1) is 18.0. The van der Waals surface area contributed by atoms with Crippen LogP contribution in [0.25, 0.3) is 10.4 Å². The van der Waals surface area contributed by atoms with Crippen molar-refractivity contribution >= 4 is 29.3 Å². The van der Waals surface area contributed by atoms with Crippen LogP contribution in [0.15, 0.2) is 71.2 Å². The Morgan fingerprint density at radius 3 is 2.65 bits per heavy atom. The molecule has 0 fully saturated rings. The van der Waals surface area contributed by atoms with Crippen molar-refractivity contribution in [1.82, 2.24) is 0 Å². The summed E-state index contributed by atoms with van der Waals surface area (Å²) in [5.74, 6) is -0.687. The minimum Gasteiger partial charge on any atom is -0.317 e. The highest BCUT2D eigenvalue weighted by Gasteiger charge is 2.39. The third-order valence-corrected chi connectivity index (χ3v) is 5.24. The van der Waals surface area contributed by atoms with Gasteiger partial charge in [0.1, 0.15) is 11.6 Å². The molecule has 0 bridgehead atoms. The number of nitrogens with zero attached hydrogens (tertiary/aromatic N) is 1. The zero-order chi connectivity index (χ0) is 18.4. The number of hydrogen-bond acceptors (Lipinski definition) is 5. The second-order valence-electron chi connectivity index (χ2n) is 5.95. The number of Topliss-reactive ketones (excluding diaryl/α,β-unsaturated/α-hetero) is 1. The van der Waals surface area contributed by atoms with E-state index in [1.54, 1.807) is 18.3 Å². The van der Waals surface area contributed by atoms with Crippen molar-refractivity contribution in [3.05, 3.63) is 71.6 Å². The van der Waals surface area contributed by atoms with Crippen LogP contribution in [0.2, 0.25) is 0 Å². The number of carbonyl (C=O) groups excluding carboxylic acids is 2. The molecule has 1 aliphatic rings. The molecule has 2 aromatic rings. The molecule has 0 N–H and O–H groups in total. The molecule has 1 aromatic carbocycles. The normalized spacial score (nSPS) is 19.0. The van der Waals surface area contributed by atoms with Gasteiger partial charge in [-0.05, 0) is 29.0 Å². The summed E-state index contributed by atoms with van der Waals surface area (Å²) >= 11 is 1.67. The van der Waals surface area contributed by atoms with Crippen molar-refractivity contribution in [2.75, 3.05) is 0 Å². The molecule has 1 unspecified atom stereocenters. The first-order valence-corrected chi connectivity index (χ1v) is 9.30. The number of allylic oxidation sites excluding steroid dienone is 3. The van der Waals surface area contributed by atoms with E-state index in [0.717, 1.165) is 17.3 Å². The van der Waals surface area contributed by atoms with Crippen LogP contribution in [0.3, 0.4) is 0 Å². The largest absolute Gasteiger partial charge is 0.349 e. The zero-order valence-corrected chi connectivity index (χ0v) is 15.2. The highest BCUT2D eigenvalue weighted by molar-refractivity contribution is 7.13. The maximum absolute atomic E-state index is 12.8. The van der Waals surface area contributed by atoms with Crippen LogP contribution in [0.4, 0.5) is 0 Å². The van der Waals surface area contributed by atoms with Crippen molar-refractivity contribution in [3.63, 3.8) is 0 Å². The third kappa shape index (κ3) is 3.73. The first-order valence-electron chi connectivity index (χ1n) is 8.42. The number of rotatable bonds is 6. The number of carbonyl (C=O) groups is 2. The van der Waals surface area contributed by atoms with Crippen LogP contribution >= 0.6 is 11.3 Å². The smallest absolute Gasteiger partial charge is 0.317 e. The van der Waals surface area contributed by atoms with E-state index in [4.69, 9.17) is 4.84 Å². The summed E-state index contributed by atoms with van der Waals surface area (Å²) in [4.78, 5) is 30.3. The Hall–Kier alpha value is -2.79. The maximum Gasteiger partial charge on any atom is 0.349 e. The lowest BCUT2D eigenvalue weighted by molar-refractivity contribution is -0.148. The Balaban J connectivity index is 1.87. The standard InChI is InChI=1S/C21H19NO3S/c1-2-18(23)15-22-25-20(24)21(12-4-3-5-13-21)17-10-8-16(9-11-17)19-7-6-14-26-19/h3-12,14-15H,2,13H2,1H3. The molecule has 1 aromatic heterocycles. The molecule has 0 radical (unpaired) electrons. The van der Waals surface area contributed by atoms with Crippen LogP contribution in [0.1, 0.15) is 25.3 Å². The van der Waals surface area contributed by atoms with Crippen LogP contribution in [-0.2, 0) is 19.8 Å². The molecule has 0 saturated heterocycles. The predicted molar refractivity (Wildman–Crippen MR) is 104 cm³/mol. The van der Waals surface area contributed by atoms with Crippen molar-refractivity contribution in [3.8, 4) is 10.4 Å². The molecule has 0 saturated carbocycles. The van der Waals surface area contributed by atoms with Gasteiger partial charge in [-0.15, -0.1) is 11.3 Å². The van der Waals surface area contributed by atoms with E-state index in [2.05, 4.69) is 11.2 Å². The van der Waals surface area contributed by atoms with Gasteiger partial charge in [0, 0.05) is 11.3 Å². The van der Waals surface area contributed by atoms with E-state index in [0.29, 0.717) is 12.8 Å². The molecule has 1 atom stereocenters. The number of oxime groups is 1. The monoisotopic (exact) mass is 365 g/mol. The summed E-state index contributed by atoms with van der Waals surface area (Å²) in [6, 6.07) is 12.0. The van der Waals surface area contributed by atoms with E-state index in [9.17, 15) is 9.59 Å². The van der Waals surface area contributed by atoms with Crippen molar-refractivity contribution in [2.24, 2.45) is 5.16 Å². The molecular formula is C21H19NO3S. The summed E-state index contributed by atoms with van der Waals surface area (Å²) < 4.78 is 0. The van der Waals surface area contributed by atoms with Crippen LogP contribution in [0.5, 0.6) is 0 Å². The topological polar surface area (TPSA) is 55.7 Å². The van der Waals surface area contributed by atoms with Gasteiger partial charge < -0.3 is 4.84 Å². The lowest BCUT2D eigenvalue weighted by atomic mass is 9.75. The van der Waals surface area contributed by atoms with Crippen LogP contribution in [-0.4, -0.2) is 18.0 Å². The summed E-state index contributed by atoms with van der Waals surface area (Å²) in [6.07, 6.45) is 9.33. The molecule has 5 heteroatoms. The van der Waals surface area contributed by atoms with Crippen LogP contribution in [0, 0.1) is 0 Å². The number of thiophene rings is 1. The highest BCUT2D eigenvalue weighted by atomic mass is 32.1. The van der Waals surface area contributed by atoms with E-state index in [-0.39, 0.29) is 5.78 Å². The summed E-state index contributed by atoms with van der Waals surface area (Å²) in [6.45, 7) is 1.72. The Labute approximate surface area is 156 Å². The summed E-state index contributed by atoms with van der Waals surface area (Å²) in [5.41, 5.74) is 1.00. The molecule has 26 heavy (non-hydrogen) atoms. The quantitative estimate of drug-likeness (QED) is 0.424. The second kappa shape index (κ2) is 8.06. The van der Waals surface area contributed by atoms with Crippen molar-refractivity contribution in [1.29, 1.82) is 0 Å². The van der Waals surface area contributed by atoms with E-state index in [1.807, 2.05) is 60.0 Å². The molecule has 132 valence electrons. The average molecular weight is 365 g/mol. The SMILES string of the molecule is CCC(=O)C=NOC(=O)C1(c2ccc(-c3cccs3)cc2)C=CC=CC1. The molecule has 4 nitrogen and oxygen atoms in total. The Morgan fingerprint density at radius 1 is 1.23 bits per heavy atom. The number of ketones is 1. The fourth-order valence-corrected chi connectivity index (χ4v) is 3.52. The predicted octanol–water partition coefficient (Wildman–Crippen LogP) is 4.68. The number of benzene rings is 1. The fraction of sp³-hybridized carbons (Fsp3) is 0.190. The molecule has 0 aliphatic heterocycles. The highest BCUT2D eigenvalue weighted by Crippen LogP contribution is 2.36. The lowest BCUT2D eigenvalue weighted by Crippen LogP contribution is -2.35. The molecule has 1 heterocycles. The van der Waals surface area contributed by atoms with Gasteiger partial charge in [0.15, 0.2) is 5.78 Å². The van der Waals surface area contributed by atoms with Gasteiger partial charge in [-0.2, -0.15) is 0 Å². The molecule has 0 spiro atoms. The van der Waals surface area contributed by atoms with Gasteiger partial charge >= 0.3 is 5.97 Å². The second-order valence-corrected chi connectivity index (χ2v) is 6.90. The van der Waals surface area contributed by atoms with Gasteiger partial charge in [0.25, 0.3) is 0 Å². The summed E-state index contributed by atoms with van der Waals surface area (Å²) in [7, 11) is 0. The van der Waals surface area contributed by atoms with Gasteiger partial charge in [0.05, 0.1) is 0 Å². The first-order chi connectivity index (χ1) is 12.7. The number of hydrogen-bond donors (Lipinski definition) is 0. The van der Waals surface area contributed by atoms with Crippen molar-refractivity contribution < 1.29 is 14.4 Å². The molecule has 1 aliphatic carbocycles. The van der Waals surface area contributed by atoms with Gasteiger partial charge in [-0.25, -0.2) is 4.79 Å². The molecular weight excluding hydrogens is 346 g/mol. The Bertz CT molecular complexity index is 863. The van der Waals surface area contributed by atoms with Gasteiger partial charge in [-0.3, -0.25) is 4.79 Å². The molecule has 0 amide bonds. The maximum atomic E-state index is 12.8. The summed E-state index contributed by atoms with van der Waals surface area (Å²) in [5, 5.41) is 5.60.